The number of hydrazine groups is 1. The first-order valence-electron chi connectivity index (χ1n) is 4.78. The number of thioether (sulfide) groups is 1. The Morgan fingerprint density at radius 3 is 2.88 bits per heavy atom. The summed E-state index contributed by atoms with van der Waals surface area (Å²) >= 11 is 1.52. The average Bonchev–Trinajstić information content (AvgIpc) is 2.81. The fourth-order valence-corrected chi connectivity index (χ4v) is 2.18. The molecular formula is C10H11F2N3S. The summed E-state index contributed by atoms with van der Waals surface area (Å²) in [6.07, 6.45) is -2.48. The lowest BCUT2D eigenvalue weighted by Gasteiger charge is -2.18. The normalized spacial score (nSPS) is 15.4. The van der Waals surface area contributed by atoms with Gasteiger partial charge < -0.3 is 0 Å². The van der Waals surface area contributed by atoms with Crippen LogP contribution >= 0.6 is 11.8 Å². The predicted octanol–water partition coefficient (Wildman–Crippen LogP) is 2.41. The van der Waals surface area contributed by atoms with Gasteiger partial charge in [0.1, 0.15) is 0 Å². The van der Waals surface area contributed by atoms with Crippen LogP contribution in [0.5, 0.6) is 0 Å². The number of amidine groups is 1. The van der Waals surface area contributed by atoms with Gasteiger partial charge >= 0.3 is 0 Å². The summed E-state index contributed by atoms with van der Waals surface area (Å²) in [6.45, 7) is 0.724. The maximum atomic E-state index is 12.5. The number of nitrogens with zero attached hydrogens (tertiary/aromatic N) is 2. The second-order valence-electron chi connectivity index (χ2n) is 3.28. The summed E-state index contributed by atoms with van der Waals surface area (Å²) < 4.78 is 25.0. The van der Waals surface area contributed by atoms with Crippen LogP contribution in [0.1, 0.15) is 12.0 Å². The Labute approximate surface area is 96.3 Å². The van der Waals surface area contributed by atoms with E-state index in [1.165, 1.54) is 28.9 Å². The van der Waals surface area contributed by atoms with Crippen molar-refractivity contribution in [3.05, 3.63) is 29.8 Å². The summed E-state index contributed by atoms with van der Waals surface area (Å²) in [5, 5.41) is 2.02. The van der Waals surface area contributed by atoms with E-state index in [-0.39, 0.29) is 5.56 Å². The maximum absolute atomic E-state index is 12.5. The van der Waals surface area contributed by atoms with E-state index < -0.39 is 6.43 Å². The van der Waals surface area contributed by atoms with Crippen molar-refractivity contribution in [2.45, 2.75) is 6.43 Å². The number of hydrogen-bond donors (Lipinski definition) is 1. The molecule has 0 radical (unpaired) electrons. The van der Waals surface area contributed by atoms with Crippen LogP contribution in [0.2, 0.25) is 0 Å². The van der Waals surface area contributed by atoms with Gasteiger partial charge in [-0.1, -0.05) is 23.9 Å². The Balaban J connectivity index is 2.22. The molecule has 0 spiro atoms. The molecule has 2 N–H and O–H groups in total. The number of nitrogens with two attached hydrogens (primary N) is 1. The zero-order valence-electron chi connectivity index (χ0n) is 8.44. The van der Waals surface area contributed by atoms with E-state index in [0.29, 0.717) is 10.9 Å². The number of benzene rings is 1. The van der Waals surface area contributed by atoms with Crippen LogP contribution in [0.15, 0.2) is 29.3 Å². The minimum Gasteiger partial charge on any atom is -0.260 e. The third kappa shape index (κ3) is 2.33. The molecule has 0 unspecified atom stereocenters. The molecule has 16 heavy (non-hydrogen) atoms. The van der Waals surface area contributed by atoms with Crippen LogP contribution < -0.4 is 10.9 Å². The van der Waals surface area contributed by atoms with Gasteiger partial charge in [-0.15, -0.1) is 0 Å². The Kier molecular flexibility index (Phi) is 3.40. The molecule has 0 aliphatic carbocycles. The van der Waals surface area contributed by atoms with Crippen LogP contribution in [0.3, 0.4) is 0 Å². The van der Waals surface area contributed by atoms with Gasteiger partial charge in [0.25, 0.3) is 6.43 Å². The van der Waals surface area contributed by atoms with Gasteiger partial charge in [-0.25, -0.2) is 14.6 Å². The smallest absolute Gasteiger partial charge is 0.260 e. The van der Waals surface area contributed by atoms with Gasteiger partial charge in [-0.05, 0) is 12.1 Å². The van der Waals surface area contributed by atoms with Gasteiger partial charge in [0.2, 0.25) is 0 Å². The molecule has 0 amide bonds. The van der Waals surface area contributed by atoms with Crippen molar-refractivity contribution in [3.63, 3.8) is 0 Å². The van der Waals surface area contributed by atoms with Crippen LogP contribution in [0, 0.1) is 0 Å². The fraction of sp³-hybridized carbons (Fsp3) is 0.300. The third-order valence-corrected chi connectivity index (χ3v) is 3.15. The second kappa shape index (κ2) is 4.80. The third-order valence-electron chi connectivity index (χ3n) is 2.18. The SMILES string of the molecule is NN(C1=NCCS1)c1cccc(C(F)F)c1. The Hall–Kier alpha value is -1.14. The van der Waals surface area contributed by atoms with Gasteiger partial charge in [-0.2, -0.15) is 0 Å². The average molecular weight is 243 g/mol. The Morgan fingerprint density at radius 1 is 1.44 bits per heavy atom. The first-order chi connectivity index (χ1) is 7.68. The number of halogens is 2. The van der Waals surface area contributed by atoms with Gasteiger partial charge in [-0.3, -0.25) is 10.0 Å². The van der Waals surface area contributed by atoms with Crippen LogP contribution in [0.25, 0.3) is 0 Å². The van der Waals surface area contributed by atoms with Crippen molar-refractivity contribution in [2.75, 3.05) is 17.3 Å². The zero-order chi connectivity index (χ0) is 11.5. The van der Waals surface area contributed by atoms with E-state index >= 15 is 0 Å². The van der Waals surface area contributed by atoms with Crippen molar-refractivity contribution < 1.29 is 8.78 Å². The van der Waals surface area contributed by atoms with E-state index in [9.17, 15) is 8.78 Å². The van der Waals surface area contributed by atoms with E-state index in [1.807, 2.05) is 0 Å². The largest absolute Gasteiger partial charge is 0.263 e. The quantitative estimate of drug-likeness (QED) is 0.640. The molecule has 0 atom stereocenters. The molecule has 1 aliphatic rings. The molecule has 1 heterocycles. The lowest BCUT2D eigenvalue weighted by molar-refractivity contribution is 0.151. The highest BCUT2D eigenvalue weighted by molar-refractivity contribution is 8.14. The van der Waals surface area contributed by atoms with E-state index in [0.717, 1.165) is 12.3 Å². The molecule has 0 saturated carbocycles. The maximum Gasteiger partial charge on any atom is 0.263 e. The van der Waals surface area contributed by atoms with Crippen LogP contribution in [-0.2, 0) is 0 Å². The van der Waals surface area contributed by atoms with Crippen LogP contribution in [0.4, 0.5) is 14.5 Å². The predicted molar refractivity (Wildman–Crippen MR) is 62.8 cm³/mol. The summed E-state index contributed by atoms with van der Waals surface area (Å²) in [7, 11) is 0. The fourth-order valence-electron chi connectivity index (χ4n) is 1.39. The van der Waals surface area contributed by atoms with E-state index in [2.05, 4.69) is 4.99 Å². The minimum absolute atomic E-state index is 0.0310. The topological polar surface area (TPSA) is 41.6 Å². The lowest BCUT2D eigenvalue weighted by atomic mass is 10.2. The molecule has 2 rings (SSSR count). The summed E-state index contributed by atoms with van der Waals surface area (Å²) in [5.41, 5.74) is 0.502. The minimum atomic E-state index is -2.48. The number of hydrogen-bond acceptors (Lipinski definition) is 4. The summed E-state index contributed by atoms with van der Waals surface area (Å²) in [5.74, 6) is 6.69. The van der Waals surface area contributed by atoms with Crippen LogP contribution in [-0.4, -0.2) is 17.5 Å². The number of rotatable bonds is 2. The van der Waals surface area contributed by atoms with Crippen molar-refractivity contribution in [1.29, 1.82) is 0 Å². The van der Waals surface area contributed by atoms with E-state index in [4.69, 9.17) is 5.84 Å². The molecule has 3 nitrogen and oxygen atoms in total. The van der Waals surface area contributed by atoms with E-state index in [1.54, 1.807) is 12.1 Å². The highest BCUT2D eigenvalue weighted by Gasteiger charge is 2.16. The Morgan fingerprint density at radius 2 is 2.25 bits per heavy atom. The van der Waals surface area contributed by atoms with Gasteiger partial charge in [0.05, 0.1) is 12.2 Å². The number of alkyl halides is 2. The zero-order valence-corrected chi connectivity index (χ0v) is 9.25. The molecular weight excluding hydrogens is 232 g/mol. The molecule has 0 bridgehead atoms. The first kappa shape index (κ1) is 11.3. The molecule has 1 aromatic carbocycles. The van der Waals surface area contributed by atoms with Gasteiger partial charge in [0, 0.05) is 11.3 Å². The first-order valence-corrected chi connectivity index (χ1v) is 5.77. The number of aliphatic imine (C=N–C) groups is 1. The van der Waals surface area contributed by atoms with Crippen molar-refractivity contribution in [1.82, 2.24) is 0 Å². The molecule has 0 saturated heterocycles. The number of anilines is 1. The summed E-state index contributed by atoms with van der Waals surface area (Å²) in [4.78, 5) is 4.18. The lowest BCUT2D eigenvalue weighted by Crippen LogP contribution is -2.34. The molecule has 0 aromatic heterocycles. The second-order valence-corrected chi connectivity index (χ2v) is 4.34. The monoisotopic (exact) mass is 243 g/mol. The molecule has 86 valence electrons. The molecule has 1 aliphatic heterocycles. The van der Waals surface area contributed by atoms with Crippen molar-refractivity contribution in [3.8, 4) is 0 Å². The van der Waals surface area contributed by atoms with Gasteiger partial charge in [0.15, 0.2) is 5.17 Å². The highest BCUT2D eigenvalue weighted by atomic mass is 32.2. The van der Waals surface area contributed by atoms with Crippen molar-refractivity contribution in [2.24, 2.45) is 10.8 Å². The molecule has 6 heteroatoms. The highest BCUT2D eigenvalue weighted by Crippen LogP contribution is 2.25. The molecule has 1 aromatic rings. The standard InChI is InChI=1S/C10H11F2N3S/c11-9(12)7-2-1-3-8(6-7)15(13)10-14-4-5-16-10/h1-3,6,9H,4-5,13H2. The molecule has 0 fully saturated rings. The summed E-state index contributed by atoms with van der Waals surface area (Å²) in [6, 6.07) is 6.02. The Bertz CT molecular complexity index is 409. The van der Waals surface area contributed by atoms with Crippen molar-refractivity contribution >= 4 is 22.6 Å².